The third-order valence-corrected chi connectivity index (χ3v) is 2.94. The maximum absolute atomic E-state index is 9.06. The van der Waals surface area contributed by atoms with Gasteiger partial charge < -0.3 is 10.5 Å². The van der Waals surface area contributed by atoms with E-state index in [9.17, 15) is 0 Å². The summed E-state index contributed by atoms with van der Waals surface area (Å²) < 4.78 is 5.60. The highest BCUT2D eigenvalue weighted by atomic mass is 16.5. The lowest BCUT2D eigenvalue weighted by Crippen LogP contribution is -2.43. The third kappa shape index (κ3) is 1.84. The van der Waals surface area contributed by atoms with Crippen molar-refractivity contribution >= 4 is 0 Å². The normalized spacial score (nSPS) is 23.4. The zero-order chi connectivity index (χ0) is 11.7. The van der Waals surface area contributed by atoms with Gasteiger partial charge in [0.25, 0.3) is 5.88 Å². The van der Waals surface area contributed by atoms with E-state index >= 15 is 0 Å². The molecule has 0 spiro atoms. The van der Waals surface area contributed by atoms with Gasteiger partial charge in [-0.15, -0.1) is 5.10 Å². The summed E-state index contributed by atoms with van der Waals surface area (Å²) >= 11 is 0. The minimum absolute atomic E-state index is 0.0820. The van der Waals surface area contributed by atoms with E-state index in [1.165, 1.54) is 0 Å². The Morgan fingerprint density at radius 1 is 1.38 bits per heavy atom. The number of ether oxygens (including phenoxy) is 1. The summed E-state index contributed by atoms with van der Waals surface area (Å²) in [5.74, 6) is 0.336. The maximum Gasteiger partial charge on any atom is 0.252 e. The van der Waals surface area contributed by atoms with Gasteiger partial charge in [-0.25, -0.2) is 0 Å². The van der Waals surface area contributed by atoms with Gasteiger partial charge in [-0.1, -0.05) is 0 Å². The molecular formula is C11H14N4O. The van der Waals surface area contributed by atoms with E-state index in [1.54, 1.807) is 0 Å². The number of aryl methyl sites for hydroxylation is 1. The van der Waals surface area contributed by atoms with Gasteiger partial charge in [0.15, 0.2) is 0 Å². The number of aromatic nitrogens is 2. The number of rotatable bonds is 2. The Bertz CT molecular complexity index is 446. The fraction of sp³-hybridized carbons (Fsp3) is 0.545. The van der Waals surface area contributed by atoms with Crippen molar-refractivity contribution in [1.82, 2.24) is 10.2 Å². The molecule has 1 aliphatic rings. The molecular weight excluding hydrogens is 204 g/mol. The van der Waals surface area contributed by atoms with E-state index in [0.29, 0.717) is 11.4 Å². The molecule has 0 saturated heterocycles. The lowest BCUT2D eigenvalue weighted by atomic mass is 9.90. The molecule has 2 rings (SSSR count). The van der Waals surface area contributed by atoms with Gasteiger partial charge in [-0.2, -0.15) is 10.4 Å². The average Bonchev–Trinajstić information content (AvgIpc) is 2.21. The number of nitrogens with zero attached hydrogens (tertiary/aromatic N) is 3. The van der Waals surface area contributed by atoms with Crippen molar-refractivity contribution in [2.24, 2.45) is 5.73 Å². The van der Waals surface area contributed by atoms with Crippen molar-refractivity contribution in [2.75, 3.05) is 0 Å². The summed E-state index contributed by atoms with van der Waals surface area (Å²) in [6, 6.07) is 2.33. The van der Waals surface area contributed by atoms with Crippen LogP contribution < -0.4 is 10.5 Å². The lowest BCUT2D eigenvalue weighted by Gasteiger charge is -2.32. The Kier molecular flexibility index (Phi) is 2.75. The van der Waals surface area contributed by atoms with Gasteiger partial charge in [0, 0.05) is 6.04 Å². The molecule has 1 aliphatic carbocycles. The van der Waals surface area contributed by atoms with Crippen LogP contribution in [0.15, 0.2) is 0 Å². The van der Waals surface area contributed by atoms with E-state index in [2.05, 4.69) is 16.3 Å². The Balaban J connectivity index is 2.21. The van der Waals surface area contributed by atoms with Crippen LogP contribution in [0, 0.1) is 25.2 Å². The summed E-state index contributed by atoms with van der Waals surface area (Å²) in [6.07, 6.45) is 1.72. The Morgan fingerprint density at radius 3 is 2.62 bits per heavy atom. The first-order valence-electron chi connectivity index (χ1n) is 5.28. The lowest BCUT2D eigenvalue weighted by molar-refractivity contribution is 0.0942. The second-order valence-corrected chi connectivity index (χ2v) is 4.17. The summed E-state index contributed by atoms with van der Waals surface area (Å²) in [4.78, 5) is 0. The smallest absolute Gasteiger partial charge is 0.252 e. The van der Waals surface area contributed by atoms with Crippen LogP contribution in [0.25, 0.3) is 0 Å². The first kappa shape index (κ1) is 10.8. The van der Waals surface area contributed by atoms with E-state index in [0.717, 1.165) is 24.1 Å². The molecule has 0 aliphatic heterocycles. The minimum atomic E-state index is 0.0820. The SMILES string of the molecule is Cc1nnc(OC2CC(N)C2)c(C#N)c1C. The Labute approximate surface area is 94.2 Å². The van der Waals surface area contributed by atoms with Crippen LogP contribution in [-0.2, 0) is 0 Å². The average molecular weight is 218 g/mol. The van der Waals surface area contributed by atoms with Gasteiger partial charge >= 0.3 is 0 Å². The number of nitrogens with two attached hydrogens (primary N) is 1. The van der Waals surface area contributed by atoms with Crippen LogP contribution >= 0.6 is 0 Å². The fourth-order valence-corrected chi connectivity index (χ4v) is 1.66. The molecule has 16 heavy (non-hydrogen) atoms. The zero-order valence-electron chi connectivity index (χ0n) is 9.40. The van der Waals surface area contributed by atoms with Crippen LogP contribution in [0.4, 0.5) is 0 Å². The maximum atomic E-state index is 9.06. The molecule has 84 valence electrons. The summed E-state index contributed by atoms with van der Waals surface area (Å²) in [6.45, 7) is 3.67. The number of nitriles is 1. The molecule has 5 nitrogen and oxygen atoms in total. The van der Waals surface area contributed by atoms with Gasteiger partial charge in [-0.3, -0.25) is 0 Å². The van der Waals surface area contributed by atoms with E-state index in [1.807, 2.05) is 13.8 Å². The largest absolute Gasteiger partial charge is 0.472 e. The topological polar surface area (TPSA) is 84.8 Å². The molecule has 1 aromatic rings. The van der Waals surface area contributed by atoms with Gasteiger partial charge in [0.2, 0.25) is 0 Å². The summed E-state index contributed by atoms with van der Waals surface area (Å²) in [5, 5.41) is 16.9. The zero-order valence-corrected chi connectivity index (χ0v) is 9.40. The molecule has 1 fully saturated rings. The first-order valence-corrected chi connectivity index (χ1v) is 5.28. The number of hydrogen-bond donors (Lipinski definition) is 1. The van der Waals surface area contributed by atoms with Crippen molar-refractivity contribution in [2.45, 2.75) is 38.8 Å². The Morgan fingerprint density at radius 2 is 2.06 bits per heavy atom. The van der Waals surface area contributed by atoms with Gasteiger partial charge in [0.05, 0.1) is 5.69 Å². The summed E-state index contributed by atoms with van der Waals surface area (Å²) in [7, 11) is 0. The van der Waals surface area contributed by atoms with Crippen LogP contribution in [0.1, 0.15) is 29.7 Å². The molecule has 1 heterocycles. The van der Waals surface area contributed by atoms with Gasteiger partial charge in [0.1, 0.15) is 17.7 Å². The monoisotopic (exact) mass is 218 g/mol. The Hall–Kier alpha value is -1.67. The predicted octanol–water partition coefficient (Wildman–Crippen LogP) is 0.834. The molecule has 5 heteroatoms. The van der Waals surface area contributed by atoms with E-state index in [-0.39, 0.29) is 12.1 Å². The molecule has 0 aromatic carbocycles. The van der Waals surface area contributed by atoms with Crippen molar-refractivity contribution in [3.05, 3.63) is 16.8 Å². The van der Waals surface area contributed by atoms with Crippen LogP contribution in [-0.4, -0.2) is 22.3 Å². The van der Waals surface area contributed by atoms with Crippen molar-refractivity contribution in [1.29, 1.82) is 5.26 Å². The highest BCUT2D eigenvalue weighted by Crippen LogP contribution is 2.26. The molecule has 0 bridgehead atoms. The molecule has 0 unspecified atom stereocenters. The van der Waals surface area contributed by atoms with Gasteiger partial charge in [-0.05, 0) is 32.3 Å². The second kappa shape index (κ2) is 4.06. The molecule has 1 saturated carbocycles. The molecule has 0 atom stereocenters. The van der Waals surface area contributed by atoms with Crippen LogP contribution in [0.3, 0.4) is 0 Å². The predicted molar refractivity (Wildman–Crippen MR) is 57.8 cm³/mol. The molecule has 0 radical (unpaired) electrons. The van der Waals surface area contributed by atoms with E-state index in [4.69, 9.17) is 15.7 Å². The molecule has 1 aromatic heterocycles. The summed E-state index contributed by atoms with van der Waals surface area (Å²) in [5.41, 5.74) is 7.73. The minimum Gasteiger partial charge on any atom is -0.472 e. The van der Waals surface area contributed by atoms with Crippen LogP contribution in [0.5, 0.6) is 5.88 Å². The van der Waals surface area contributed by atoms with Crippen molar-refractivity contribution < 1.29 is 4.74 Å². The quantitative estimate of drug-likeness (QED) is 0.794. The standard InChI is InChI=1S/C11H14N4O/c1-6-7(2)14-15-11(10(6)5-12)16-9-3-8(13)4-9/h8-9H,3-4,13H2,1-2H3. The third-order valence-electron chi connectivity index (χ3n) is 2.94. The van der Waals surface area contributed by atoms with Crippen LogP contribution in [0.2, 0.25) is 0 Å². The van der Waals surface area contributed by atoms with E-state index < -0.39 is 0 Å². The molecule has 0 amide bonds. The van der Waals surface area contributed by atoms with Crippen molar-refractivity contribution in [3.63, 3.8) is 0 Å². The second-order valence-electron chi connectivity index (χ2n) is 4.17. The fourth-order valence-electron chi connectivity index (χ4n) is 1.66. The van der Waals surface area contributed by atoms with Crippen molar-refractivity contribution in [3.8, 4) is 11.9 Å². The highest BCUT2D eigenvalue weighted by Gasteiger charge is 2.29. The number of hydrogen-bond acceptors (Lipinski definition) is 5. The highest BCUT2D eigenvalue weighted by molar-refractivity contribution is 5.45. The first-order chi connectivity index (χ1) is 7.61. The molecule has 2 N–H and O–H groups in total.